The van der Waals surface area contributed by atoms with Crippen LogP contribution in [0.1, 0.15) is 173 Å². The molecule has 7 rings (SSSR count). The summed E-state index contributed by atoms with van der Waals surface area (Å²) in [5, 5.41) is 9.09. The molecular formula is C50H79N9O6. The normalized spacial score (nSPS) is 13.5. The van der Waals surface area contributed by atoms with Crippen LogP contribution in [-0.2, 0) is 14.3 Å². The average molecular weight is 902 g/mol. The van der Waals surface area contributed by atoms with Crippen molar-refractivity contribution < 1.29 is 23.9 Å². The zero-order chi connectivity index (χ0) is 49.5. The van der Waals surface area contributed by atoms with E-state index in [1.165, 1.54) is 11.3 Å². The van der Waals surface area contributed by atoms with E-state index in [0.717, 1.165) is 30.4 Å². The summed E-state index contributed by atoms with van der Waals surface area (Å²) in [5.74, 6) is 2.65. The van der Waals surface area contributed by atoms with Gasteiger partial charge in [-0.1, -0.05) is 111 Å². The predicted octanol–water partition coefficient (Wildman–Crippen LogP) is 10.3. The molecule has 2 aliphatic heterocycles. The Labute approximate surface area is 386 Å². The number of amides is 1. The molecule has 0 aliphatic carbocycles. The molecule has 1 fully saturated rings. The number of hydrogen-bond donors (Lipinski definition) is 7. The lowest BCUT2D eigenvalue weighted by Crippen LogP contribution is -2.43. The van der Waals surface area contributed by atoms with Crippen molar-refractivity contribution in [1.82, 2.24) is 45.4 Å². The highest BCUT2D eigenvalue weighted by atomic mass is 16.5. The van der Waals surface area contributed by atoms with Gasteiger partial charge in [-0.3, -0.25) is 24.3 Å². The lowest BCUT2D eigenvalue weighted by atomic mass is 9.78. The molecular weight excluding hydrogens is 823 g/mol. The number of nitrogens with one attached hydrogen (secondary N) is 7. The summed E-state index contributed by atoms with van der Waals surface area (Å²) in [5.41, 5.74) is 5.44. The topological polar surface area (TPSA) is 227 Å². The summed E-state index contributed by atoms with van der Waals surface area (Å²) in [4.78, 5) is 72.9. The third kappa shape index (κ3) is 21.6. The van der Waals surface area contributed by atoms with Crippen LogP contribution in [0.2, 0.25) is 0 Å². The molecule has 15 heteroatoms. The van der Waals surface area contributed by atoms with Gasteiger partial charge in [-0.05, 0) is 53.5 Å². The minimum absolute atomic E-state index is 0.0100. The van der Waals surface area contributed by atoms with E-state index in [-0.39, 0.29) is 46.2 Å². The maximum absolute atomic E-state index is 11.5. The lowest BCUT2D eigenvalue weighted by molar-refractivity contribution is -0.126. The van der Waals surface area contributed by atoms with Gasteiger partial charge in [0.2, 0.25) is 5.91 Å². The second-order valence-electron chi connectivity index (χ2n) is 19.2. The predicted molar refractivity (Wildman–Crippen MR) is 260 cm³/mol. The Balaban J connectivity index is 0.000000381. The van der Waals surface area contributed by atoms with Crippen molar-refractivity contribution in [3.63, 3.8) is 0 Å². The Morgan fingerprint density at radius 3 is 1.65 bits per heavy atom. The quantitative estimate of drug-likeness (QED) is 0.0703. The van der Waals surface area contributed by atoms with Crippen molar-refractivity contribution in [2.24, 2.45) is 28.6 Å². The Hall–Kier alpha value is -5.83. The van der Waals surface area contributed by atoms with Gasteiger partial charge in [0.1, 0.15) is 0 Å². The van der Waals surface area contributed by atoms with Crippen molar-refractivity contribution in [3.8, 4) is 0 Å². The van der Waals surface area contributed by atoms with Gasteiger partial charge in [0, 0.05) is 83.2 Å². The minimum Gasteiger partial charge on any atom is -0.380 e. The SMILES string of the molecule is CC(C)(C)C(=O)c1ccc[nH]1.CC(C)C(=O)C1=CCC(=O)N1.CC(C)C(=O)c1cc[nH]c1.CC(C)C1(C)COC1.CC(C)c1c[nH]c(=O)[nH]1.CC(C)c1cn[nH]c1.CC(C)c1cnc[nH]1. The first-order chi connectivity index (χ1) is 30.3. The molecule has 0 bridgehead atoms. The third-order valence-corrected chi connectivity index (χ3v) is 10.3. The summed E-state index contributed by atoms with van der Waals surface area (Å²) in [7, 11) is 0. The van der Waals surface area contributed by atoms with Crippen molar-refractivity contribution in [2.45, 2.75) is 135 Å². The van der Waals surface area contributed by atoms with Crippen LogP contribution in [0.25, 0.3) is 0 Å². The van der Waals surface area contributed by atoms with E-state index in [1.807, 2.05) is 87.0 Å². The number of nitrogens with zero attached hydrogens (tertiary/aromatic N) is 2. The van der Waals surface area contributed by atoms with Gasteiger partial charge in [0.25, 0.3) is 0 Å². The smallest absolute Gasteiger partial charge is 0.323 e. The van der Waals surface area contributed by atoms with E-state index in [0.29, 0.717) is 41.0 Å². The molecule has 1 saturated heterocycles. The largest absolute Gasteiger partial charge is 0.380 e. The van der Waals surface area contributed by atoms with Gasteiger partial charge in [0.15, 0.2) is 17.3 Å². The van der Waals surface area contributed by atoms with Crippen molar-refractivity contribution in [3.05, 3.63) is 118 Å². The summed E-state index contributed by atoms with van der Waals surface area (Å²) >= 11 is 0. The van der Waals surface area contributed by atoms with E-state index in [9.17, 15) is 24.0 Å². The summed E-state index contributed by atoms with van der Waals surface area (Å²) in [6.45, 7) is 34.5. The third-order valence-electron chi connectivity index (χ3n) is 10.3. The van der Waals surface area contributed by atoms with Crippen LogP contribution in [-0.4, -0.2) is 76.6 Å². The molecule has 0 spiro atoms. The van der Waals surface area contributed by atoms with Gasteiger partial charge in [-0.15, -0.1) is 0 Å². The first-order valence-corrected chi connectivity index (χ1v) is 22.5. The van der Waals surface area contributed by atoms with E-state index < -0.39 is 0 Å². The fraction of sp³-hybridized carbons (Fsp3) is 0.540. The molecule has 7 N–H and O–H groups in total. The number of Topliss-reactive ketones (excluding diaryl/α,β-unsaturated/α-hetero) is 3. The van der Waals surface area contributed by atoms with E-state index in [4.69, 9.17) is 4.74 Å². The number of rotatable bonds is 9. The number of ether oxygens (including phenoxy) is 1. The van der Waals surface area contributed by atoms with E-state index >= 15 is 0 Å². The minimum atomic E-state index is -0.287. The summed E-state index contributed by atoms with van der Waals surface area (Å²) < 4.78 is 5.10. The summed E-state index contributed by atoms with van der Waals surface area (Å²) in [6.07, 6.45) is 16.3. The molecule has 2 aliphatic rings. The van der Waals surface area contributed by atoms with Crippen LogP contribution in [0.5, 0.6) is 0 Å². The molecule has 360 valence electrons. The zero-order valence-electron chi connectivity index (χ0n) is 41.9. The molecule has 0 saturated carbocycles. The highest BCUT2D eigenvalue weighted by molar-refractivity contribution is 6.03. The maximum atomic E-state index is 11.5. The van der Waals surface area contributed by atoms with Crippen LogP contribution < -0.4 is 11.0 Å². The molecule has 0 unspecified atom stereocenters. The lowest BCUT2D eigenvalue weighted by Gasteiger charge is -2.41. The molecule has 0 radical (unpaired) electrons. The van der Waals surface area contributed by atoms with Crippen molar-refractivity contribution >= 4 is 23.3 Å². The molecule has 0 aromatic carbocycles. The molecule has 5 aromatic rings. The zero-order valence-corrected chi connectivity index (χ0v) is 41.9. The molecule has 0 atom stereocenters. The number of carbonyl (C=O) groups excluding carboxylic acids is 4. The maximum Gasteiger partial charge on any atom is 0.323 e. The molecule has 1 amide bonds. The van der Waals surface area contributed by atoms with Crippen LogP contribution in [0.15, 0.2) is 84.5 Å². The van der Waals surface area contributed by atoms with E-state index in [1.54, 1.807) is 49.3 Å². The van der Waals surface area contributed by atoms with Crippen LogP contribution in [0.4, 0.5) is 0 Å². The first-order valence-electron chi connectivity index (χ1n) is 22.5. The van der Waals surface area contributed by atoms with Crippen LogP contribution >= 0.6 is 0 Å². The Kier molecular flexibility index (Phi) is 24.8. The highest BCUT2D eigenvalue weighted by Gasteiger charge is 2.36. The fourth-order valence-electron chi connectivity index (χ4n) is 5.18. The molecule has 65 heavy (non-hydrogen) atoms. The monoisotopic (exact) mass is 902 g/mol. The molecule has 7 heterocycles. The Morgan fingerprint density at radius 2 is 1.37 bits per heavy atom. The van der Waals surface area contributed by atoms with Gasteiger partial charge >= 0.3 is 5.69 Å². The Bertz CT molecular complexity index is 2100. The number of imidazole rings is 2. The number of aromatic nitrogens is 8. The average Bonchev–Trinajstić information content (AvgIpc) is 4.08. The van der Waals surface area contributed by atoms with Crippen molar-refractivity contribution in [2.75, 3.05) is 13.2 Å². The highest BCUT2D eigenvalue weighted by Crippen LogP contribution is 2.34. The van der Waals surface area contributed by atoms with E-state index in [2.05, 4.69) is 93.9 Å². The van der Waals surface area contributed by atoms with Gasteiger partial charge < -0.3 is 35.0 Å². The van der Waals surface area contributed by atoms with Gasteiger partial charge in [-0.25, -0.2) is 9.78 Å². The van der Waals surface area contributed by atoms with Gasteiger partial charge in [0.05, 0.1) is 37.1 Å². The number of ketones is 3. The number of carbonyl (C=O) groups is 4. The van der Waals surface area contributed by atoms with Crippen LogP contribution in [0, 0.1) is 28.6 Å². The standard InChI is InChI=1S/C9H13NO.C8H11NO2.C8H11NO.C7H14O.C6H10N2O.2C6H10N2/c1-9(2,3)8(11)7-5-4-6-10-7;1-5(2)8(11)6-3-4-7(10)9-6;1-6(2)8(10)7-3-4-9-5-7;1-6(2)7(3)4-8-5-7;1-4(2)5-3-7-6(9)8-5;1-5(2)6-3-7-4-8-6;1-5(2)6-3-7-8-4-6/h4-6,10H,1-3H3;3,5H,4H2,1-2H3,(H,9,10);3-6,9H,1-2H3;6H,4-5H2,1-3H3;3-4H,1-2H3,(H2,7,8,9);2*3-5H,1-2H3,(H,7,8). The molecule has 5 aromatic heterocycles. The number of H-pyrrole nitrogens is 6. The number of aromatic amines is 6. The summed E-state index contributed by atoms with van der Waals surface area (Å²) in [6, 6.07) is 5.43. The number of hydrogen-bond acceptors (Lipinski definition) is 8. The Morgan fingerprint density at radius 1 is 0.738 bits per heavy atom. The number of allylic oxidation sites excluding steroid dienone is 1. The molecule has 15 nitrogen and oxygen atoms in total. The first kappa shape index (κ1) is 57.2. The fourth-order valence-corrected chi connectivity index (χ4v) is 5.18. The second-order valence-corrected chi connectivity index (χ2v) is 19.2. The van der Waals surface area contributed by atoms with Gasteiger partial charge in [-0.2, -0.15) is 5.10 Å². The second kappa shape index (κ2) is 28.2. The van der Waals surface area contributed by atoms with Crippen LogP contribution in [0.3, 0.4) is 0 Å². The van der Waals surface area contributed by atoms with Crippen molar-refractivity contribution in [1.29, 1.82) is 0 Å².